The number of hydrogen-bond donors (Lipinski definition) is 2. The molecule has 0 aromatic heterocycles. The Kier molecular flexibility index (Phi) is 7.74. The highest BCUT2D eigenvalue weighted by Crippen LogP contribution is 2.15. The van der Waals surface area contributed by atoms with Crippen LogP contribution >= 0.6 is 0 Å². The zero-order valence-corrected chi connectivity index (χ0v) is 14.4. The molecule has 2 N–H and O–H groups in total. The van der Waals surface area contributed by atoms with Crippen molar-refractivity contribution in [1.29, 1.82) is 0 Å². The van der Waals surface area contributed by atoms with E-state index in [0.717, 1.165) is 0 Å². The van der Waals surface area contributed by atoms with Crippen molar-refractivity contribution in [3.63, 3.8) is 0 Å². The molecule has 0 aliphatic heterocycles. The van der Waals surface area contributed by atoms with Crippen molar-refractivity contribution in [2.45, 2.75) is 33.7 Å². The summed E-state index contributed by atoms with van der Waals surface area (Å²) in [6.07, 6.45) is 0. The van der Waals surface area contributed by atoms with E-state index in [1.165, 1.54) is 0 Å². The van der Waals surface area contributed by atoms with E-state index in [4.69, 9.17) is 9.47 Å². The third-order valence-corrected chi connectivity index (χ3v) is 2.66. The van der Waals surface area contributed by atoms with Crippen LogP contribution in [0.25, 0.3) is 0 Å². The number of imide groups is 1. The van der Waals surface area contributed by atoms with Crippen LogP contribution < -0.4 is 15.4 Å². The highest BCUT2D eigenvalue weighted by atomic mass is 16.5. The molecule has 0 spiro atoms. The number of urea groups is 1. The minimum absolute atomic E-state index is 0.103. The van der Waals surface area contributed by atoms with E-state index in [-0.39, 0.29) is 11.6 Å². The van der Waals surface area contributed by atoms with E-state index in [1.807, 2.05) is 13.8 Å². The van der Waals surface area contributed by atoms with Crippen molar-refractivity contribution < 1.29 is 23.9 Å². The summed E-state index contributed by atoms with van der Waals surface area (Å²) in [6, 6.07) is 5.79. The van der Waals surface area contributed by atoms with Crippen LogP contribution in [0.5, 0.6) is 5.75 Å². The molecule has 24 heavy (non-hydrogen) atoms. The van der Waals surface area contributed by atoms with E-state index in [2.05, 4.69) is 10.6 Å². The first-order chi connectivity index (χ1) is 11.3. The molecule has 7 nitrogen and oxygen atoms in total. The van der Waals surface area contributed by atoms with Gasteiger partial charge in [0.05, 0.1) is 12.2 Å². The largest absolute Gasteiger partial charge is 0.493 e. The molecule has 1 aromatic rings. The highest BCUT2D eigenvalue weighted by Gasteiger charge is 2.13. The second-order valence-corrected chi connectivity index (χ2v) is 5.99. The molecular formula is C17H24N2O5. The third kappa shape index (κ3) is 7.62. The number of hydrogen-bond acceptors (Lipinski definition) is 5. The summed E-state index contributed by atoms with van der Waals surface area (Å²) in [5, 5.41) is 4.57. The molecule has 0 saturated heterocycles. The van der Waals surface area contributed by atoms with Crippen molar-refractivity contribution in [2.75, 3.05) is 13.2 Å². The molecule has 7 heteroatoms. The number of benzene rings is 1. The standard InChI is InChI=1S/C17H24N2O5/c1-11(2)9-23-14-7-5-6-13(8-14)16(21)24-10-15(20)19-17(22)18-12(3)4/h5-8,11-12H,9-10H2,1-4H3,(H2,18,19,20,22). The Hall–Kier alpha value is -2.57. The van der Waals surface area contributed by atoms with Gasteiger partial charge in [-0.05, 0) is 38.0 Å². The van der Waals surface area contributed by atoms with Gasteiger partial charge in [-0.15, -0.1) is 0 Å². The molecule has 0 aliphatic carbocycles. The highest BCUT2D eigenvalue weighted by molar-refractivity contribution is 5.97. The molecule has 0 radical (unpaired) electrons. The third-order valence-electron chi connectivity index (χ3n) is 2.66. The molecule has 0 fully saturated rings. The predicted octanol–water partition coefficient (Wildman–Crippen LogP) is 2.11. The molecule has 0 aliphatic rings. The number of carbonyl (C=O) groups is 3. The number of amides is 3. The number of esters is 1. The topological polar surface area (TPSA) is 93.7 Å². The number of ether oxygens (including phenoxy) is 2. The van der Waals surface area contributed by atoms with Crippen molar-refractivity contribution in [2.24, 2.45) is 5.92 Å². The van der Waals surface area contributed by atoms with Crippen molar-refractivity contribution in [3.8, 4) is 5.75 Å². The monoisotopic (exact) mass is 336 g/mol. The summed E-state index contributed by atoms with van der Waals surface area (Å²) in [5.74, 6) is -0.446. The van der Waals surface area contributed by atoms with Crippen LogP contribution in [0.2, 0.25) is 0 Å². The predicted molar refractivity (Wildman–Crippen MR) is 88.9 cm³/mol. The molecule has 3 amide bonds. The molecule has 1 aromatic carbocycles. The van der Waals surface area contributed by atoms with Crippen LogP contribution in [0.3, 0.4) is 0 Å². The van der Waals surface area contributed by atoms with Crippen molar-refractivity contribution in [1.82, 2.24) is 10.6 Å². The maximum absolute atomic E-state index is 11.9. The minimum Gasteiger partial charge on any atom is -0.493 e. The number of carbonyl (C=O) groups excluding carboxylic acids is 3. The van der Waals surface area contributed by atoms with Gasteiger partial charge in [-0.1, -0.05) is 19.9 Å². The van der Waals surface area contributed by atoms with Crippen LogP contribution in [-0.4, -0.2) is 37.2 Å². The van der Waals surface area contributed by atoms with E-state index in [1.54, 1.807) is 38.1 Å². The van der Waals surface area contributed by atoms with Gasteiger partial charge >= 0.3 is 12.0 Å². The van der Waals surface area contributed by atoms with Gasteiger partial charge in [0.2, 0.25) is 0 Å². The molecule has 1 rings (SSSR count). The Morgan fingerprint density at radius 1 is 1.12 bits per heavy atom. The molecular weight excluding hydrogens is 312 g/mol. The Morgan fingerprint density at radius 2 is 1.83 bits per heavy atom. The summed E-state index contributed by atoms with van der Waals surface area (Å²) in [4.78, 5) is 34.8. The smallest absolute Gasteiger partial charge is 0.338 e. The van der Waals surface area contributed by atoms with Gasteiger partial charge in [0.25, 0.3) is 5.91 Å². The van der Waals surface area contributed by atoms with E-state index in [0.29, 0.717) is 18.3 Å². The fourth-order valence-electron chi connectivity index (χ4n) is 1.65. The second kappa shape index (κ2) is 9.54. The van der Waals surface area contributed by atoms with Gasteiger partial charge in [0.1, 0.15) is 5.75 Å². The zero-order valence-electron chi connectivity index (χ0n) is 14.4. The maximum atomic E-state index is 11.9. The number of rotatable bonds is 7. The lowest BCUT2D eigenvalue weighted by Crippen LogP contribution is -2.44. The summed E-state index contributed by atoms with van der Waals surface area (Å²) in [5.41, 5.74) is 0.274. The van der Waals surface area contributed by atoms with Crippen LogP contribution in [0, 0.1) is 5.92 Å². The maximum Gasteiger partial charge on any atom is 0.338 e. The molecule has 132 valence electrons. The first-order valence-electron chi connectivity index (χ1n) is 7.78. The quantitative estimate of drug-likeness (QED) is 0.744. The summed E-state index contributed by atoms with van der Waals surface area (Å²) in [6.45, 7) is 7.56. The van der Waals surface area contributed by atoms with Crippen LogP contribution in [-0.2, 0) is 9.53 Å². The minimum atomic E-state index is -0.700. The lowest BCUT2D eigenvalue weighted by atomic mass is 10.2. The molecule has 0 unspecified atom stereocenters. The van der Waals surface area contributed by atoms with Gasteiger partial charge < -0.3 is 14.8 Å². The second-order valence-electron chi connectivity index (χ2n) is 5.99. The number of nitrogens with one attached hydrogen (secondary N) is 2. The van der Waals surface area contributed by atoms with E-state index in [9.17, 15) is 14.4 Å². The SMILES string of the molecule is CC(C)COc1cccc(C(=O)OCC(=O)NC(=O)NC(C)C)c1. The molecule has 0 atom stereocenters. The summed E-state index contributed by atoms with van der Waals surface area (Å²) >= 11 is 0. The molecule has 0 bridgehead atoms. The first kappa shape index (κ1) is 19.5. The first-order valence-corrected chi connectivity index (χ1v) is 7.78. The molecule has 0 heterocycles. The van der Waals surface area contributed by atoms with Crippen LogP contribution in [0.4, 0.5) is 4.79 Å². The molecule has 0 saturated carbocycles. The Morgan fingerprint density at radius 3 is 2.46 bits per heavy atom. The Balaban J connectivity index is 2.48. The summed E-state index contributed by atoms with van der Waals surface area (Å²) in [7, 11) is 0. The van der Waals surface area contributed by atoms with E-state index >= 15 is 0 Å². The average molecular weight is 336 g/mol. The zero-order chi connectivity index (χ0) is 18.1. The van der Waals surface area contributed by atoms with Crippen molar-refractivity contribution >= 4 is 17.9 Å². The average Bonchev–Trinajstić information content (AvgIpc) is 2.50. The van der Waals surface area contributed by atoms with Gasteiger partial charge in [-0.25, -0.2) is 9.59 Å². The van der Waals surface area contributed by atoms with Gasteiger partial charge in [-0.3, -0.25) is 10.1 Å². The fourth-order valence-corrected chi connectivity index (χ4v) is 1.65. The van der Waals surface area contributed by atoms with Gasteiger partial charge in [0, 0.05) is 6.04 Å². The normalized spacial score (nSPS) is 10.4. The summed E-state index contributed by atoms with van der Waals surface area (Å²) < 4.78 is 10.4. The van der Waals surface area contributed by atoms with Crippen molar-refractivity contribution in [3.05, 3.63) is 29.8 Å². The fraction of sp³-hybridized carbons (Fsp3) is 0.471. The van der Waals surface area contributed by atoms with E-state index < -0.39 is 24.5 Å². The van der Waals surface area contributed by atoms with Crippen LogP contribution in [0.15, 0.2) is 24.3 Å². The lowest BCUT2D eigenvalue weighted by Gasteiger charge is -2.11. The van der Waals surface area contributed by atoms with Gasteiger partial charge in [-0.2, -0.15) is 0 Å². The Bertz CT molecular complexity index is 584. The Labute approximate surface area is 141 Å². The lowest BCUT2D eigenvalue weighted by molar-refractivity contribution is -0.123. The van der Waals surface area contributed by atoms with Crippen LogP contribution in [0.1, 0.15) is 38.1 Å². The van der Waals surface area contributed by atoms with Gasteiger partial charge in [0.15, 0.2) is 6.61 Å².